The Balaban J connectivity index is 1.99. The first kappa shape index (κ1) is 12.5. The Hall–Kier alpha value is -1.97. The molecule has 0 bridgehead atoms. The highest BCUT2D eigenvalue weighted by Crippen LogP contribution is 2.19. The summed E-state index contributed by atoms with van der Waals surface area (Å²) in [4.78, 5) is 16.7. The molecule has 18 heavy (non-hydrogen) atoms. The van der Waals surface area contributed by atoms with E-state index in [9.17, 15) is 4.79 Å². The van der Waals surface area contributed by atoms with Gasteiger partial charge in [0.2, 0.25) is 0 Å². The lowest BCUT2D eigenvalue weighted by atomic mass is 10.3. The third kappa shape index (κ3) is 2.64. The van der Waals surface area contributed by atoms with E-state index in [-0.39, 0.29) is 12.5 Å². The van der Waals surface area contributed by atoms with Gasteiger partial charge >= 0.3 is 0 Å². The Morgan fingerprint density at radius 2 is 2.00 bits per heavy atom. The van der Waals surface area contributed by atoms with Gasteiger partial charge in [-0.25, -0.2) is 0 Å². The average Bonchev–Trinajstić information content (AvgIpc) is 2.80. The Morgan fingerprint density at radius 1 is 1.28 bits per heavy atom. The Labute approximate surface area is 107 Å². The van der Waals surface area contributed by atoms with E-state index < -0.39 is 0 Å². The number of carbonyl (C=O) groups excluding carboxylic acids is 1. The molecular weight excluding hydrogens is 228 g/mol. The molecule has 0 radical (unpaired) electrons. The summed E-state index contributed by atoms with van der Waals surface area (Å²) in [7, 11) is 0. The molecule has 0 unspecified atom stereocenters. The van der Waals surface area contributed by atoms with E-state index in [1.54, 1.807) is 4.90 Å². The predicted molar refractivity (Wildman–Crippen MR) is 71.7 cm³/mol. The third-order valence-electron chi connectivity index (χ3n) is 2.97. The number of ether oxygens (including phenoxy) is 1. The van der Waals surface area contributed by atoms with Crippen molar-refractivity contribution in [3.8, 4) is 5.88 Å². The van der Waals surface area contributed by atoms with Gasteiger partial charge in [-0.2, -0.15) is 0 Å². The number of amides is 1. The van der Waals surface area contributed by atoms with Crippen LogP contribution in [0.1, 0.15) is 13.8 Å². The number of carbonyl (C=O) groups is 1. The molecule has 0 aliphatic rings. The van der Waals surface area contributed by atoms with E-state index in [0.29, 0.717) is 19.0 Å². The fraction of sp³-hybridized carbons (Fsp3) is 0.357. The van der Waals surface area contributed by atoms with Crippen LogP contribution < -0.4 is 4.74 Å². The van der Waals surface area contributed by atoms with E-state index in [0.717, 1.165) is 10.9 Å². The second kappa shape index (κ2) is 5.58. The molecule has 1 aromatic carbocycles. The lowest BCUT2D eigenvalue weighted by Crippen LogP contribution is -2.34. The summed E-state index contributed by atoms with van der Waals surface area (Å²) in [5.74, 6) is 0.648. The predicted octanol–water partition coefficient (Wildman–Crippen LogP) is 2.42. The lowest BCUT2D eigenvalue weighted by Gasteiger charge is -2.18. The van der Waals surface area contributed by atoms with Gasteiger partial charge in [0.05, 0.1) is 0 Å². The zero-order valence-electron chi connectivity index (χ0n) is 10.8. The van der Waals surface area contributed by atoms with E-state index in [2.05, 4.69) is 4.98 Å². The minimum atomic E-state index is 0.0126. The van der Waals surface area contributed by atoms with Gasteiger partial charge in [0, 0.05) is 30.1 Å². The van der Waals surface area contributed by atoms with E-state index in [1.807, 2.05) is 44.2 Å². The largest absolute Gasteiger partial charge is 0.469 e. The molecule has 0 saturated carbocycles. The zero-order valence-corrected chi connectivity index (χ0v) is 10.8. The number of aromatic amines is 1. The summed E-state index contributed by atoms with van der Waals surface area (Å²) in [6.45, 7) is 5.43. The van der Waals surface area contributed by atoms with Gasteiger partial charge in [0.1, 0.15) is 0 Å². The van der Waals surface area contributed by atoms with Gasteiger partial charge < -0.3 is 14.6 Å². The molecule has 4 heteroatoms. The molecule has 0 saturated heterocycles. The molecule has 2 aromatic rings. The van der Waals surface area contributed by atoms with Crippen molar-refractivity contribution in [2.45, 2.75) is 13.8 Å². The SMILES string of the molecule is CCN(CC)C(=O)COc1cc2ccccc2[nH]1. The molecule has 1 heterocycles. The maximum atomic E-state index is 11.8. The number of fused-ring (bicyclic) bond motifs is 1. The summed E-state index contributed by atoms with van der Waals surface area (Å²) in [6.07, 6.45) is 0. The molecule has 0 fully saturated rings. The van der Waals surface area contributed by atoms with Gasteiger partial charge in [-0.1, -0.05) is 18.2 Å². The van der Waals surface area contributed by atoms with Gasteiger partial charge in [0.15, 0.2) is 12.5 Å². The number of hydrogen-bond donors (Lipinski definition) is 1. The van der Waals surface area contributed by atoms with Crippen molar-refractivity contribution in [2.24, 2.45) is 0 Å². The first-order chi connectivity index (χ1) is 8.74. The van der Waals surface area contributed by atoms with Crippen LogP contribution in [0.5, 0.6) is 5.88 Å². The maximum Gasteiger partial charge on any atom is 0.260 e. The van der Waals surface area contributed by atoms with Gasteiger partial charge in [-0.05, 0) is 19.9 Å². The van der Waals surface area contributed by atoms with Crippen molar-refractivity contribution in [3.63, 3.8) is 0 Å². The minimum absolute atomic E-state index is 0.0126. The number of aromatic nitrogens is 1. The number of para-hydroxylation sites is 1. The van der Waals surface area contributed by atoms with Crippen LogP contribution in [0.2, 0.25) is 0 Å². The maximum absolute atomic E-state index is 11.8. The molecule has 0 atom stereocenters. The molecule has 4 nitrogen and oxygen atoms in total. The zero-order chi connectivity index (χ0) is 13.0. The van der Waals surface area contributed by atoms with Crippen LogP contribution in [0, 0.1) is 0 Å². The van der Waals surface area contributed by atoms with Crippen LogP contribution in [0.25, 0.3) is 10.9 Å². The highest BCUT2D eigenvalue weighted by Gasteiger charge is 2.10. The molecule has 0 aliphatic carbocycles. The summed E-state index contributed by atoms with van der Waals surface area (Å²) in [6, 6.07) is 9.83. The first-order valence-electron chi connectivity index (χ1n) is 6.23. The second-order valence-corrected chi connectivity index (χ2v) is 4.08. The number of likely N-dealkylation sites (N-methyl/N-ethyl adjacent to an activating group) is 1. The smallest absolute Gasteiger partial charge is 0.260 e. The van der Waals surface area contributed by atoms with Crippen LogP contribution >= 0.6 is 0 Å². The van der Waals surface area contributed by atoms with Crippen molar-refractivity contribution in [3.05, 3.63) is 30.3 Å². The quantitative estimate of drug-likeness (QED) is 0.880. The summed E-state index contributed by atoms with van der Waals surface area (Å²) >= 11 is 0. The van der Waals surface area contributed by atoms with Crippen LogP contribution in [-0.4, -0.2) is 35.5 Å². The van der Waals surface area contributed by atoms with Crippen molar-refractivity contribution in [2.75, 3.05) is 19.7 Å². The van der Waals surface area contributed by atoms with Crippen molar-refractivity contribution >= 4 is 16.8 Å². The van der Waals surface area contributed by atoms with Gasteiger partial charge in [-0.3, -0.25) is 4.79 Å². The number of nitrogens with one attached hydrogen (secondary N) is 1. The average molecular weight is 246 g/mol. The summed E-state index contributed by atoms with van der Waals surface area (Å²) < 4.78 is 5.49. The highest BCUT2D eigenvalue weighted by molar-refractivity contribution is 5.81. The van der Waals surface area contributed by atoms with Gasteiger partial charge in [0.25, 0.3) is 5.91 Å². The molecule has 0 aliphatic heterocycles. The Kier molecular flexibility index (Phi) is 3.87. The number of benzene rings is 1. The normalized spacial score (nSPS) is 10.6. The number of hydrogen-bond acceptors (Lipinski definition) is 2. The van der Waals surface area contributed by atoms with Crippen LogP contribution in [-0.2, 0) is 4.79 Å². The highest BCUT2D eigenvalue weighted by atomic mass is 16.5. The van der Waals surface area contributed by atoms with Crippen molar-refractivity contribution in [1.82, 2.24) is 9.88 Å². The molecule has 1 N–H and O–H groups in total. The van der Waals surface area contributed by atoms with Crippen molar-refractivity contribution in [1.29, 1.82) is 0 Å². The second-order valence-electron chi connectivity index (χ2n) is 4.08. The third-order valence-corrected chi connectivity index (χ3v) is 2.97. The molecule has 1 amide bonds. The monoisotopic (exact) mass is 246 g/mol. The molecule has 0 spiro atoms. The minimum Gasteiger partial charge on any atom is -0.469 e. The van der Waals surface area contributed by atoms with Crippen molar-refractivity contribution < 1.29 is 9.53 Å². The van der Waals surface area contributed by atoms with Crippen LogP contribution in [0.4, 0.5) is 0 Å². The van der Waals surface area contributed by atoms with Crippen LogP contribution in [0.15, 0.2) is 30.3 Å². The van der Waals surface area contributed by atoms with E-state index >= 15 is 0 Å². The van der Waals surface area contributed by atoms with E-state index in [4.69, 9.17) is 4.74 Å². The fourth-order valence-electron chi connectivity index (χ4n) is 1.93. The number of rotatable bonds is 5. The molecule has 1 aromatic heterocycles. The summed E-state index contributed by atoms with van der Waals surface area (Å²) in [5, 5.41) is 1.09. The number of H-pyrrole nitrogens is 1. The van der Waals surface area contributed by atoms with Crippen LogP contribution in [0.3, 0.4) is 0 Å². The van der Waals surface area contributed by atoms with Gasteiger partial charge in [-0.15, -0.1) is 0 Å². The lowest BCUT2D eigenvalue weighted by molar-refractivity contribution is -0.133. The first-order valence-corrected chi connectivity index (χ1v) is 6.23. The molecule has 96 valence electrons. The number of nitrogens with zero attached hydrogens (tertiary/aromatic N) is 1. The Morgan fingerprint density at radius 3 is 2.67 bits per heavy atom. The Bertz CT molecular complexity index is 496. The standard InChI is InChI=1S/C14H18N2O2/c1-3-16(4-2)14(17)10-18-13-9-11-7-5-6-8-12(11)15-13/h5-9,15H,3-4,10H2,1-2H3. The topological polar surface area (TPSA) is 45.3 Å². The summed E-state index contributed by atoms with van der Waals surface area (Å²) in [5.41, 5.74) is 1.02. The van der Waals surface area contributed by atoms with E-state index in [1.165, 1.54) is 0 Å². The molecule has 2 rings (SSSR count). The molecular formula is C14H18N2O2. The fourth-order valence-corrected chi connectivity index (χ4v) is 1.93.